The first-order valence-electron chi connectivity index (χ1n) is 9.23. The standard InChI is InChI=1S/C18H28N4O3/c1-3-21(12-17-20-19-13(2)25-17)15-10-22(11-16(15)23)18(24)9-14-7-5-4-6-8-14/h7,15-16,23H,3-6,8-12H2,1-2H3/t15-,16+/m0/s1. The summed E-state index contributed by atoms with van der Waals surface area (Å²) in [6.07, 6.45) is 6.67. The second-order valence-electron chi connectivity index (χ2n) is 7.00. The van der Waals surface area contributed by atoms with E-state index >= 15 is 0 Å². The molecule has 0 radical (unpaired) electrons. The van der Waals surface area contributed by atoms with Crippen LogP contribution in [0.4, 0.5) is 0 Å². The molecule has 1 saturated heterocycles. The molecule has 0 saturated carbocycles. The molecule has 2 atom stereocenters. The maximum atomic E-state index is 12.6. The van der Waals surface area contributed by atoms with Crippen molar-refractivity contribution in [1.29, 1.82) is 0 Å². The summed E-state index contributed by atoms with van der Waals surface area (Å²) in [6.45, 7) is 5.98. The highest BCUT2D eigenvalue weighted by Crippen LogP contribution is 2.24. The number of β-amino-alcohol motifs (C(OH)–C–C–N with tert-alkyl or cyclic N) is 1. The minimum absolute atomic E-state index is 0.0958. The summed E-state index contributed by atoms with van der Waals surface area (Å²) in [4.78, 5) is 16.5. The number of hydrogen-bond donors (Lipinski definition) is 1. The zero-order valence-electron chi connectivity index (χ0n) is 15.1. The number of likely N-dealkylation sites (tertiary alicyclic amines) is 1. The van der Waals surface area contributed by atoms with Gasteiger partial charge in [-0.1, -0.05) is 18.6 Å². The van der Waals surface area contributed by atoms with Gasteiger partial charge in [0.05, 0.1) is 18.7 Å². The first-order chi connectivity index (χ1) is 12.1. The topological polar surface area (TPSA) is 82.7 Å². The number of likely N-dealkylation sites (N-methyl/N-ethyl adjacent to an activating group) is 1. The number of aliphatic hydroxyl groups is 1. The number of carbonyl (C=O) groups is 1. The van der Waals surface area contributed by atoms with Crippen LogP contribution in [0.2, 0.25) is 0 Å². The van der Waals surface area contributed by atoms with Gasteiger partial charge in [-0.05, 0) is 32.2 Å². The lowest BCUT2D eigenvalue weighted by atomic mass is 9.97. The summed E-state index contributed by atoms with van der Waals surface area (Å²) in [6, 6.07) is -0.0958. The summed E-state index contributed by atoms with van der Waals surface area (Å²) in [5, 5.41) is 18.4. The van der Waals surface area contributed by atoms with Crippen LogP contribution in [0.3, 0.4) is 0 Å². The van der Waals surface area contributed by atoms with E-state index in [1.54, 1.807) is 11.8 Å². The fourth-order valence-electron chi connectivity index (χ4n) is 3.74. The van der Waals surface area contributed by atoms with E-state index in [-0.39, 0.29) is 11.9 Å². The summed E-state index contributed by atoms with van der Waals surface area (Å²) in [7, 11) is 0. The Balaban J connectivity index is 1.59. The maximum absolute atomic E-state index is 12.6. The predicted octanol–water partition coefficient (Wildman–Crippen LogP) is 1.66. The molecule has 7 nitrogen and oxygen atoms in total. The van der Waals surface area contributed by atoms with Crippen LogP contribution in [-0.4, -0.2) is 62.8 Å². The van der Waals surface area contributed by atoms with E-state index in [1.165, 1.54) is 18.4 Å². The summed E-state index contributed by atoms with van der Waals surface area (Å²) >= 11 is 0. The lowest BCUT2D eigenvalue weighted by molar-refractivity contribution is -0.129. The number of aliphatic hydroxyl groups excluding tert-OH is 1. The van der Waals surface area contributed by atoms with Crippen LogP contribution in [0, 0.1) is 6.92 Å². The van der Waals surface area contributed by atoms with Gasteiger partial charge < -0.3 is 14.4 Å². The summed E-state index contributed by atoms with van der Waals surface area (Å²) < 4.78 is 5.45. The number of aromatic nitrogens is 2. The van der Waals surface area contributed by atoms with Crippen LogP contribution in [0.1, 0.15) is 50.8 Å². The number of amides is 1. The number of rotatable bonds is 6. The van der Waals surface area contributed by atoms with Crippen molar-refractivity contribution < 1.29 is 14.3 Å². The zero-order valence-corrected chi connectivity index (χ0v) is 15.1. The molecule has 138 valence electrons. The van der Waals surface area contributed by atoms with Crippen molar-refractivity contribution in [3.8, 4) is 0 Å². The Morgan fingerprint density at radius 1 is 1.40 bits per heavy atom. The monoisotopic (exact) mass is 348 g/mol. The summed E-state index contributed by atoms with van der Waals surface area (Å²) in [5.41, 5.74) is 1.25. The fraction of sp³-hybridized carbons (Fsp3) is 0.722. The molecule has 0 unspecified atom stereocenters. The normalized spacial score (nSPS) is 24.0. The lowest BCUT2D eigenvalue weighted by Crippen LogP contribution is -2.43. The molecule has 2 aliphatic rings. The van der Waals surface area contributed by atoms with E-state index in [0.29, 0.717) is 37.8 Å². The first kappa shape index (κ1) is 18.1. The van der Waals surface area contributed by atoms with Gasteiger partial charge in [-0.2, -0.15) is 0 Å². The highest BCUT2D eigenvalue weighted by molar-refractivity contribution is 5.79. The van der Waals surface area contributed by atoms with Crippen molar-refractivity contribution in [2.24, 2.45) is 0 Å². The third-order valence-electron chi connectivity index (χ3n) is 5.16. The van der Waals surface area contributed by atoms with Gasteiger partial charge in [0.1, 0.15) is 0 Å². The SMILES string of the molecule is CCN(Cc1nnc(C)o1)[C@H]1CN(C(=O)CC2=CCCCC2)C[C@H]1O. The lowest BCUT2D eigenvalue weighted by Gasteiger charge is -2.28. The molecular formula is C18H28N4O3. The molecule has 1 N–H and O–H groups in total. The van der Waals surface area contributed by atoms with Gasteiger partial charge in [-0.25, -0.2) is 0 Å². The van der Waals surface area contributed by atoms with E-state index < -0.39 is 6.10 Å². The fourth-order valence-corrected chi connectivity index (χ4v) is 3.74. The second-order valence-corrected chi connectivity index (χ2v) is 7.00. The molecule has 1 aliphatic carbocycles. The molecule has 0 aromatic carbocycles. The van der Waals surface area contributed by atoms with Crippen molar-refractivity contribution in [2.75, 3.05) is 19.6 Å². The van der Waals surface area contributed by atoms with Gasteiger partial charge in [0.25, 0.3) is 0 Å². The van der Waals surface area contributed by atoms with E-state index in [9.17, 15) is 9.90 Å². The Morgan fingerprint density at radius 2 is 2.24 bits per heavy atom. The minimum Gasteiger partial charge on any atom is -0.424 e. The summed E-state index contributed by atoms with van der Waals surface area (Å²) in [5.74, 6) is 1.21. The maximum Gasteiger partial charge on any atom is 0.230 e. The Morgan fingerprint density at radius 3 is 2.88 bits per heavy atom. The van der Waals surface area contributed by atoms with Gasteiger partial charge in [-0.15, -0.1) is 10.2 Å². The van der Waals surface area contributed by atoms with Crippen molar-refractivity contribution in [3.63, 3.8) is 0 Å². The number of carbonyl (C=O) groups excluding carboxylic acids is 1. The van der Waals surface area contributed by atoms with Crippen LogP contribution in [0.25, 0.3) is 0 Å². The predicted molar refractivity (Wildman–Crippen MR) is 92.7 cm³/mol. The van der Waals surface area contributed by atoms with Crippen molar-refractivity contribution in [1.82, 2.24) is 20.0 Å². The molecule has 0 bridgehead atoms. The highest BCUT2D eigenvalue weighted by Gasteiger charge is 2.37. The average molecular weight is 348 g/mol. The van der Waals surface area contributed by atoms with Gasteiger partial charge in [0, 0.05) is 26.4 Å². The van der Waals surface area contributed by atoms with Crippen LogP contribution in [-0.2, 0) is 11.3 Å². The van der Waals surface area contributed by atoms with Crippen LogP contribution >= 0.6 is 0 Å². The van der Waals surface area contributed by atoms with E-state index in [4.69, 9.17) is 4.42 Å². The number of aryl methyl sites for hydroxylation is 1. The molecular weight excluding hydrogens is 320 g/mol. The largest absolute Gasteiger partial charge is 0.424 e. The Kier molecular flexibility index (Phi) is 5.86. The smallest absolute Gasteiger partial charge is 0.230 e. The van der Waals surface area contributed by atoms with Gasteiger partial charge in [0.15, 0.2) is 0 Å². The number of nitrogens with zero attached hydrogens (tertiary/aromatic N) is 4. The van der Waals surface area contributed by atoms with Crippen LogP contribution in [0.15, 0.2) is 16.1 Å². The molecule has 1 aromatic heterocycles. The highest BCUT2D eigenvalue weighted by atomic mass is 16.4. The van der Waals surface area contributed by atoms with Crippen LogP contribution < -0.4 is 0 Å². The van der Waals surface area contributed by atoms with Gasteiger partial charge in [-0.3, -0.25) is 9.69 Å². The Labute approximate surface area is 148 Å². The molecule has 1 aromatic rings. The van der Waals surface area contributed by atoms with Gasteiger partial charge in [0.2, 0.25) is 17.7 Å². The third-order valence-corrected chi connectivity index (χ3v) is 5.16. The molecule has 2 heterocycles. The van der Waals surface area contributed by atoms with E-state index in [1.807, 2.05) is 6.92 Å². The molecule has 25 heavy (non-hydrogen) atoms. The number of hydrogen-bond acceptors (Lipinski definition) is 6. The van der Waals surface area contributed by atoms with E-state index in [2.05, 4.69) is 21.2 Å². The number of allylic oxidation sites excluding steroid dienone is 1. The first-order valence-corrected chi connectivity index (χ1v) is 9.23. The molecule has 7 heteroatoms. The second kappa shape index (κ2) is 8.10. The molecule has 1 amide bonds. The van der Waals surface area contributed by atoms with Crippen molar-refractivity contribution in [2.45, 2.75) is 64.6 Å². The Hall–Kier alpha value is -1.73. The zero-order chi connectivity index (χ0) is 17.8. The average Bonchev–Trinajstić information content (AvgIpc) is 3.19. The van der Waals surface area contributed by atoms with Gasteiger partial charge >= 0.3 is 0 Å². The van der Waals surface area contributed by atoms with E-state index in [0.717, 1.165) is 19.4 Å². The minimum atomic E-state index is -0.548. The third kappa shape index (κ3) is 4.46. The molecule has 1 aliphatic heterocycles. The quantitative estimate of drug-likeness (QED) is 0.787. The van der Waals surface area contributed by atoms with Crippen molar-refractivity contribution >= 4 is 5.91 Å². The molecule has 0 spiro atoms. The molecule has 1 fully saturated rings. The molecule has 3 rings (SSSR count). The van der Waals surface area contributed by atoms with Crippen LogP contribution in [0.5, 0.6) is 0 Å². The van der Waals surface area contributed by atoms with Crippen molar-refractivity contribution in [3.05, 3.63) is 23.4 Å². The Bertz CT molecular complexity index is 628.